The highest BCUT2D eigenvalue weighted by molar-refractivity contribution is 5.66. The summed E-state index contributed by atoms with van der Waals surface area (Å²) < 4.78 is 14.6. The fourth-order valence-corrected chi connectivity index (χ4v) is 12.6. The van der Waals surface area contributed by atoms with E-state index < -0.39 is 0 Å². The van der Waals surface area contributed by atoms with E-state index in [1.54, 1.807) is 13.8 Å². The van der Waals surface area contributed by atoms with E-state index in [0.29, 0.717) is 29.7 Å². The highest BCUT2D eigenvalue weighted by Crippen LogP contribution is 2.68. The van der Waals surface area contributed by atoms with Gasteiger partial charge in [0.25, 0.3) is 0 Å². The molecule has 43 heavy (non-hydrogen) atoms. The number of nitrogens with zero attached hydrogens (tertiary/aromatic N) is 2. The summed E-state index contributed by atoms with van der Waals surface area (Å²) in [6.45, 7) is 13.7. The molecule has 0 aromatic rings. The van der Waals surface area contributed by atoms with Crippen LogP contribution in [0.4, 0.5) is 0 Å². The van der Waals surface area contributed by atoms with Crippen molar-refractivity contribution in [1.82, 2.24) is 0 Å². The number of esters is 2. The Morgan fingerprint density at radius 1 is 0.814 bits per heavy atom. The van der Waals surface area contributed by atoms with E-state index in [0.717, 1.165) is 47.9 Å². The van der Waals surface area contributed by atoms with Crippen molar-refractivity contribution in [2.75, 3.05) is 39.8 Å². The van der Waals surface area contributed by atoms with Gasteiger partial charge in [0.05, 0.1) is 33.2 Å². The molecule has 2 aliphatic heterocycles. The van der Waals surface area contributed by atoms with Gasteiger partial charge in [0.15, 0.2) is 12.2 Å². The van der Waals surface area contributed by atoms with Gasteiger partial charge in [0.1, 0.15) is 18.6 Å². The van der Waals surface area contributed by atoms with E-state index >= 15 is 0 Å². The Bertz CT molecular complexity index is 1100. The zero-order valence-electron chi connectivity index (χ0n) is 28.0. The van der Waals surface area contributed by atoms with Gasteiger partial charge in [-0.05, 0) is 106 Å². The molecule has 4 saturated carbocycles. The van der Waals surface area contributed by atoms with Crippen molar-refractivity contribution in [2.45, 2.75) is 135 Å². The number of hydrogen-bond acceptors (Lipinski definition) is 4. The number of likely N-dealkylation sites (N-methyl/N-ethyl adjacent to an activating group) is 1. The number of carbonyl (C=O) groups excluding carboxylic acids is 2. The molecule has 6 aliphatic rings. The van der Waals surface area contributed by atoms with E-state index in [2.05, 4.69) is 26.8 Å². The lowest BCUT2D eigenvalue weighted by molar-refractivity contribution is -0.954. The molecule has 6 heteroatoms. The molecule has 240 valence electrons. The molecule has 0 spiro atoms. The van der Waals surface area contributed by atoms with Crippen LogP contribution in [0.1, 0.15) is 111 Å². The summed E-state index contributed by atoms with van der Waals surface area (Å²) in [5.74, 6) is 5.36. The second kappa shape index (κ2) is 11.7. The maximum absolute atomic E-state index is 12.6. The summed E-state index contributed by atoms with van der Waals surface area (Å²) in [5.41, 5.74) is 0.277. The van der Waals surface area contributed by atoms with Gasteiger partial charge >= 0.3 is 11.9 Å². The molecule has 0 bridgehead atoms. The zero-order chi connectivity index (χ0) is 30.6. The average Bonchev–Trinajstić information content (AvgIpc) is 3.26. The fourth-order valence-electron chi connectivity index (χ4n) is 12.6. The number of hydrogen-bond donors (Lipinski definition) is 0. The molecular formula is C37H60N2O4+2. The van der Waals surface area contributed by atoms with E-state index in [-0.39, 0.29) is 41.0 Å². The molecule has 9 unspecified atom stereocenters. The number of quaternary nitrogens is 2. The van der Waals surface area contributed by atoms with Gasteiger partial charge in [0.2, 0.25) is 0 Å². The monoisotopic (exact) mass is 596 g/mol. The number of piperidine rings is 2. The summed E-state index contributed by atoms with van der Waals surface area (Å²) >= 11 is 0. The Labute approximate surface area is 261 Å². The van der Waals surface area contributed by atoms with Crippen LogP contribution < -0.4 is 0 Å². The van der Waals surface area contributed by atoms with Gasteiger partial charge in [-0.25, -0.2) is 0 Å². The molecule has 2 heterocycles. The van der Waals surface area contributed by atoms with Gasteiger partial charge in [-0.2, -0.15) is 0 Å². The second-order valence-corrected chi connectivity index (χ2v) is 16.8. The predicted molar refractivity (Wildman–Crippen MR) is 168 cm³/mol. The normalized spacial score (nSPS) is 45.0. The number of ether oxygens (including phenoxy) is 2. The quantitative estimate of drug-likeness (QED) is 0.218. The van der Waals surface area contributed by atoms with Crippen molar-refractivity contribution >= 4 is 11.9 Å². The molecule has 0 radical (unpaired) electrons. The van der Waals surface area contributed by atoms with E-state index in [9.17, 15) is 9.59 Å². The van der Waals surface area contributed by atoms with Crippen LogP contribution in [0.25, 0.3) is 0 Å². The number of rotatable bonds is 5. The third-order valence-electron chi connectivity index (χ3n) is 14.7. The molecule has 4 aliphatic carbocycles. The minimum absolute atomic E-state index is 0.0230. The molecule has 6 rings (SSSR count). The fraction of sp³-hybridized carbons (Fsp3) is 0.892. The second-order valence-electron chi connectivity index (χ2n) is 16.8. The topological polar surface area (TPSA) is 52.6 Å². The third kappa shape index (κ3) is 5.27. The molecular weight excluding hydrogens is 536 g/mol. The minimum Gasteiger partial charge on any atom is -0.456 e. The van der Waals surface area contributed by atoms with Crippen molar-refractivity contribution in [2.24, 2.45) is 34.5 Å². The number of likely N-dealkylation sites (tertiary alicyclic amines) is 2. The maximum Gasteiger partial charge on any atom is 0.303 e. The molecule has 0 aromatic heterocycles. The summed E-state index contributed by atoms with van der Waals surface area (Å²) in [6, 6.07) is 0.699. The summed E-state index contributed by atoms with van der Waals surface area (Å²) in [4.78, 5) is 25.0. The van der Waals surface area contributed by atoms with Crippen molar-refractivity contribution in [3.05, 3.63) is 0 Å². The van der Waals surface area contributed by atoms with Crippen molar-refractivity contribution in [1.29, 1.82) is 0 Å². The van der Waals surface area contributed by atoms with Gasteiger partial charge in [-0.1, -0.05) is 13.8 Å². The first kappa shape index (κ1) is 31.4. The Morgan fingerprint density at radius 2 is 1.47 bits per heavy atom. The SMILES string of the molecule is C#CC[N+]1(C2CC3(C)C(CCC4C3CCC3(C)C4CC([N+]4(C)CCCCC4)C3OC(C)=O)C[C@@H]2OC(C)=O)CCCCC1. The molecule has 0 N–H and O–H groups in total. The van der Waals surface area contributed by atoms with Crippen LogP contribution in [0, 0.1) is 46.8 Å². The molecule has 6 fully saturated rings. The van der Waals surface area contributed by atoms with Crippen LogP contribution in [-0.4, -0.2) is 85.0 Å². The predicted octanol–water partition coefficient (Wildman–Crippen LogP) is 6.11. The van der Waals surface area contributed by atoms with Crippen LogP contribution in [0.5, 0.6) is 0 Å². The lowest BCUT2D eigenvalue weighted by Crippen LogP contribution is -2.68. The van der Waals surface area contributed by atoms with E-state index in [1.165, 1.54) is 77.3 Å². The van der Waals surface area contributed by atoms with Crippen molar-refractivity contribution < 1.29 is 28.0 Å². The Hall–Kier alpha value is -1.58. The Morgan fingerprint density at radius 3 is 2.09 bits per heavy atom. The van der Waals surface area contributed by atoms with Gasteiger partial charge in [0, 0.05) is 32.1 Å². The van der Waals surface area contributed by atoms with Crippen LogP contribution in [-0.2, 0) is 19.1 Å². The minimum atomic E-state index is -0.139. The van der Waals surface area contributed by atoms with Crippen LogP contribution >= 0.6 is 0 Å². The van der Waals surface area contributed by atoms with Crippen LogP contribution in [0.2, 0.25) is 0 Å². The molecule has 10 atom stereocenters. The standard InChI is InChI=1S/C37H60N2O4/c1-7-18-39(21-12-9-13-22-39)33-25-37(5)28(23-34(33)42-26(2)40)14-15-29-30(37)16-17-36(4)31(29)24-32(35(36)43-27(3)41)38(6)19-10-8-11-20-38/h1,28-35H,8-25H2,2-6H3/q+2/t28?,29?,30?,31?,32?,33?,34-,35?,36?,37?/m0/s1. The zero-order valence-corrected chi connectivity index (χ0v) is 28.0. The first-order valence-electron chi connectivity index (χ1n) is 17.9. The first-order chi connectivity index (χ1) is 20.5. The lowest BCUT2D eigenvalue weighted by Gasteiger charge is -2.63. The molecule has 0 aromatic carbocycles. The van der Waals surface area contributed by atoms with Gasteiger partial charge in [-0.15, -0.1) is 6.42 Å². The molecule has 2 saturated heterocycles. The van der Waals surface area contributed by atoms with Crippen LogP contribution in [0.3, 0.4) is 0 Å². The lowest BCUT2D eigenvalue weighted by atomic mass is 9.44. The first-order valence-corrected chi connectivity index (χ1v) is 17.9. The van der Waals surface area contributed by atoms with Crippen molar-refractivity contribution in [3.8, 4) is 12.3 Å². The summed E-state index contributed by atoms with van der Waals surface area (Å²) in [5, 5.41) is 0. The van der Waals surface area contributed by atoms with Crippen molar-refractivity contribution in [3.63, 3.8) is 0 Å². The third-order valence-corrected chi connectivity index (χ3v) is 14.7. The van der Waals surface area contributed by atoms with Crippen LogP contribution in [0.15, 0.2) is 0 Å². The smallest absolute Gasteiger partial charge is 0.303 e. The Balaban J connectivity index is 1.32. The number of fused-ring (bicyclic) bond motifs is 5. The number of carbonyl (C=O) groups is 2. The number of terminal acetylenes is 1. The summed E-state index contributed by atoms with van der Waals surface area (Å²) in [6.07, 6.45) is 21.8. The van der Waals surface area contributed by atoms with E-state index in [4.69, 9.17) is 15.9 Å². The van der Waals surface area contributed by atoms with Gasteiger partial charge < -0.3 is 18.4 Å². The van der Waals surface area contributed by atoms with Gasteiger partial charge in [-0.3, -0.25) is 9.59 Å². The molecule has 0 amide bonds. The van der Waals surface area contributed by atoms with E-state index in [1.807, 2.05) is 0 Å². The highest BCUT2D eigenvalue weighted by atomic mass is 16.5. The average molecular weight is 597 g/mol. The highest BCUT2D eigenvalue weighted by Gasteiger charge is 2.68. The summed E-state index contributed by atoms with van der Waals surface area (Å²) in [7, 11) is 2.46. The molecule has 6 nitrogen and oxygen atoms in total. The maximum atomic E-state index is 12.6. The largest absolute Gasteiger partial charge is 0.456 e. The Kier molecular flexibility index (Phi) is 8.51.